The molecule has 2 atom stereocenters. The van der Waals surface area contributed by atoms with E-state index in [1.165, 1.54) is 4.90 Å². The zero-order valence-electron chi connectivity index (χ0n) is 16.0. The largest absolute Gasteiger partial charge is 0.490 e. The number of nitrogens with one attached hydrogen (secondary N) is 2. The Morgan fingerprint density at radius 2 is 2.00 bits per heavy atom. The molecule has 0 spiro atoms. The second kappa shape index (κ2) is 8.73. The summed E-state index contributed by atoms with van der Waals surface area (Å²) in [4.78, 5) is 13.9. The van der Waals surface area contributed by atoms with Gasteiger partial charge in [0.25, 0.3) is 5.91 Å². The summed E-state index contributed by atoms with van der Waals surface area (Å²) < 4.78 is 11.5. The summed E-state index contributed by atoms with van der Waals surface area (Å²) in [5.41, 5.74) is 2.02. The summed E-state index contributed by atoms with van der Waals surface area (Å²) in [5.74, 6) is 1.45. The molecule has 1 unspecified atom stereocenters. The Morgan fingerprint density at radius 1 is 1.17 bits per heavy atom. The molecule has 2 N–H and O–H groups in total. The molecule has 0 saturated carbocycles. The lowest BCUT2D eigenvalue weighted by atomic mass is 10.0. The number of nitrogens with zero attached hydrogens (tertiary/aromatic N) is 1. The number of fused-ring (bicyclic) bond motifs is 1. The molecule has 2 heterocycles. The Kier molecular flexibility index (Phi) is 5.89. The summed E-state index contributed by atoms with van der Waals surface area (Å²) in [7, 11) is 0. The van der Waals surface area contributed by atoms with E-state index in [9.17, 15) is 10.1 Å². The van der Waals surface area contributed by atoms with Crippen molar-refractivity contribution in [3.63, 3.8) is 0 Å². The molecular formula is C22H23ClN3O3+. The number of carbonyl (C=O) groups excluding carboxylic acids is 1. The van der Waals surface area contributed by atoms with Crippen LogP contribution in [0.4, 0.5) is 5.69 Å². The molecule has 29 heavy (non-hydrogen) atoms. The number of amides is 1. The SMILES string of the molecule is N#Cc1ccc(Cl)cc1NC(=O)C[NH+]1CCC[C@@H]1c1ccc2c(c1)OCCCO2. The van der Waals surface area contributed by atoms with Gasteiger partial charge in [0, 0.05) is 29.8 Å². The van der Waals surface area contributed by atoms with Crippen molar-refractivity contribution in [2.24, 2.45) is 0 Å². The van der Waals surface area contributed by atoms with E-state index in [2.05, 4.69) is 23.5 Å². The fourth-order valence-electron chi connectivity index (χ4n) is 4.04. The van der Waals surface area contributed by atoms with Gasteiger partial charge in [0.2, 0.25) is 0 Å². The second-order valence-corrected chi connectivity index (χ2v) is 7.82. The lowest BCUT2D eigenvalue weighted by molar-refractivity contribution is -0.910. The molecule has 4 rings (SSSR count). The van der Waals surface area contributed by atoms with Gasteiger partial charge in [-0.3, -0.25) is 4.79 Å². The molecule has 2 aliphatic rings. The first kappa shape index (κ1) is 19.6. The number of quaternary nitrogens is 1. The van der Waals surface area contributed by atoms with Crippen molar-refractivity contribution >= 4 is 23.2 Å². The molecular weight excluding hydrogens is 390 g/mol. The number of carbonyl (C=O) groups is 1. The number of rotatable bonds is 4. The smallest absolute Gasteiger partial charge is 0.279 e. The van der Waals surface area contributed by atoms with Gasteiger partial charge in [0.15, 0.2) is 18.0 Å². The highest BCUT2D eigenvalue weighted by molar-refractivity contribution is 6.31. The lowest BCUT2D eigenvalue weighted by Gasteiger charge is -2.22. The average molecular weight is 413 g/mol. The first-order valence-corrected chi connectivity index (χ1v) is 10.3. The zero-order chi connectivity index (χ0) is 20.2. The molecule has 1 amide bonds. The van der Waals surface area contributed by atoms with E-state index in [1.807, 2.05) is 6.07 Å². The van der Waals surface area contributed by atoms with Crippen molar-refractivity contribution in [1.29, 1.82) is 5.26 Å². The number of hydrogen-bond acceptors (Lipinski definition) is 4. The number of benzene rings is 2. The molecule has 1 fully saturated rings. The topological polar surface area (TPSA) is 75.8 Å². The van der Waals surface area contributed by atoms with Crippen LogP contribution >= 0.6 is 11.6 Å². The van der Waals surface area contributed by atoms with Crippen LogP contribution in [0.2, 0.25) is 5.02 Å². The van der Waals surface area contributed by atoms with Gasteiger partial charge in [0.05, 0.1) is 31.0 Å². The molecule has 2 aromatic rings. The summed E-state index contributed by atoms with van der Waals surface area (Å²) >= 11 is 6.01. The van der Waals surface area contributed by atoms with Crippen LogP contribution in [0.1, 0.15) is 36.4 Å². The van der Waals surface area contributed by atoms with Crippen molar-refractivity contribution in [1.82, 2.24) is 0 Å². The van der Waals surface area contributed by atoms with Gasteiger partial charge in [0.1, 0.15) is 12.1 Å². The summed E-state index contributed by atoms with van der Waals surface area (Å²) in [6.07, 6.45) is 2.95. The van der Waals surface area contributed by atoms with E-state index >= 15 is 0 Å². The van der Waals surface area contributed by atoms with Crippen molar-refractivity contribution < 1.29 is 19.2 Å². The Balaban J connectivity index is 1.47. The number of likely N-dealkylation sites (tertiary alicyclic amines) is 1. The van der Waals surface area contributed by atoms with Crippen LogP contribution in [0.15, 0.2) is 36.4 Å². The predicted molar refractivity (Wildman–Crippen MR) is 110 cm³/mol. The van der Waals surface area contributed by atoms with Crippen LogP contribution in [-0.4, -0.2) is 32.2 Å². The van der Waals surface area contributed by atoms with Gasteiger partial charge in [-0.2, -0.15) is 5.26 Å². The van der Waals surface area contributed by atoms with E-state index in [1.54, 1.807) is 18.2 Å². The maximum Gasteiger partial charge on any atom is 0.279 e. The number of halogens is 1. The highest BCUT2D eigenvalue weighted by Crippen LogP contribution is 2.33. The first-order chi connectivity index (χ1) is 14.1. The normalized spacial score (nSPS) is 20.6. The van der Waals surface area contributed by atoms with E-state index < -0.39 is 0 Å². The number of nitriles is 1. The highest BCUT2D eigenvalue weighted by atomic mass is 35.5. The van der Waals surface area contributed by atoms with Crippen LogP contribution in [-0.2, 0) is 4.79 Å². The molecule has 7 heteroatoms. The second-order valence-electron chi connectivity index (χ2n) is 7.39. The zero-order valence-corrected chi connectivity index (χ0v) is 16.8. The van der Waals surface area contributed by atoms with E-state index in [4.69, 9.17) is 21.1 Å². The van der Waals surface area contributed by atoms with E-state index in [0.717, 1.165) is 42.9 Å². The Bertz CT molecular complexity index is 957. The molecule has 0 aromatic heterocycles. The van der Waals surface area contributed by atoms with Crippen molar-refractivity contribution in [2.75, 3.05) is 31.6 Å². The number of hydrogen-bond donors (Lipinski definition) is 2. The monoisotopic (exact) mass is 412 g/mol. The van der Waals surface area contributed by atoms with Crippen LogP contribution in [0.3, 0.4) is 0 Å². The standard InChI is InChI=1S/C22H22ClN3O3/c23-17-6-4-16(13-24)18(12-17)25-22(27)14-26-8-1-3-19(26)15-5-7-20-21(11-15)29-10-2-9-28-20/h4-7,11-12,19H,1-3,8-10,14H2,(H,25,27)/p+1/t19-/m1/s1. The predicted octanol–water partition coefficient (Wildman–Crippen LogP) is 2.73. The van der Waals surface area contributed by atoms with E-state index in [-0.39, 0.29) is 11.9 Å². The Hall–Kier alpha value is -2.75. The Labute approximate surface area is 175 Å². The maximum absolute atomic E-state index is 12.7. The molecule has 6 nitrogen and oxygen atoms in total. The molecule has 150 valence electrons. The fraction of sp³-hybridized carbons (Fsp3) is 0.364. The molecule has 1 saturated heterocycles. The van der Waals surface area contributed by atoms with Crippen molar-refractivity contribution in [3.05, 3.63) is 52.5 Å². The minimum Gasteiger partial charge on any atom is -0.490 e. The lowest BCUT2D eigenvalue weighted by Crippen LogP contribution is -3.11. The van der Waals surface area contributed by atoms with Gasteiger partial charge in [-0.25, -0.2) is 0 Å². The van der Waals surface area contributed by atoms with Gasteiger partial charge in [-0.15, -0.1) is 0 Å². The molecule has 0 bridgehead atoms. The van der Waals surface area contributed by atoms with Gasteiger partial charge < -0.3 is 19.7 Å². The van der Waals surface area contributed by atoms with E-state index in [0.29, 0.717) is 36.0 Å². The number of anilines is 1. The molecule has 2 aliphatic heterocycles. The molecule has 0 radical (unpaired) electrons. The quantitative estimate of drug-likeness (QED) is 0.809. The molecule has 2 aromatic carbocycles. The van der Waals surface area contributed by atoms with Crippen LogP contribution in [0, 0.1) is 11.3 Å². The summed E-state index contributed by atoms with van der Waals surface area (Å²) in [6, 6.07) is 13.3. The molecule has 0 aliphatic carbocycles. The summed E-state index contributed by atoms with van der Waals surface area (Å²) in [5, 5.41) is 12.6. The van der Waals surface area contributed by atoms with Crippen LogP contribution < -0.4 is 19.7 Å². The maximum atomic E-state index is 12.7. The third-order valence-electron chi connectivity index (χ3n) is 5.42. The number of ether oxygens (including phenoxy) is 2. The minimum atomic E-state index is -0.125. The van der Waals surface area contributed by atoms with Gasteiger partial charge in [-0.05, 0) is 36.4 Å². The fourth-order valence-corrected chi connectivity index (χ4v) is 4.21. The minimum absolute atomic E-state index is 0.125. The van der Waals surface area contributed by atoms with Gasteiger partial charge in [-0.1, -0.05) is 11.6 Å². The van der Waals surface area contributed by atoms with Crippen molar-refractivity contribution in [3.8, 4) is 17.6 Å². The first-order valence-electron chi connectivity index (χ1n) is 9.87. The third kappa shape index (κ3) is 4.47. The van der Waals surface area contributed by atoms with Gasteiger partial charge >= 0.3 is 0 Å². The van der Waals surface area contributed by atoms with Crippen molar-refractivity contribution in [2.45, 2.75) is 25.3 Å². The Morgan fingerprint density at radius 3 is 2.83 bits per heavy atom. The van der Waals surface area contributed by atoms with Crippen LogP contribution in [0.5, 0.6) is 11.5 Å². The highest BCUT2D eigenvalue weighted by Gasteiger charge is 2.32. The van der Waals surface area contributed by atoms with Crippen LogP contribution in [0.25, 0.3) is 0 Å². The summed E-state index contributed by atoms with van der Waals surface area (Å²) in [6.45, 7) is 2.58. The average Bonchev–Trinajstić information content (AvgIpc) is 3.03. The third-order valence-corrected chi connectivity index (χ3v) is 5.66.